The number of nitrogens with zero attached hydrogens (tertiary/aromatic N) is 2. The fraction of sp³-hybridized carbons (Fsp3) is 0.333. The van der Waals surface area contributed by atoms with Crippen molar-refractivity contribution in [2.45, 2.75) is 39.8 Å². The number of hydrogen-bond donors (Lipinski definition) is 0. The lowest BCUT2D eigenvalue weighted by molar-refractivity contribution is -0.149. The molecule has 0 aliphatic carbocycles. The van der Waals surface area contributed by atoms with Gasteiger partial charge in [-0.15, -0.1) is 0 Å². The van der Waals surface area contributed by atoms with Gasteiger partial charge in [0.25, 0.3) is 0 Å². The number of hydrogen-bond acceptors (Lipinski definition) is 4. The van der Waals surface area contributed by atoms with E-state index < -0.39 is 18.6 Å². The molecule has 0 aliphatic rings. The third-order valence-electron chi connectivity index (χ3n) is 4.45. The smallest absolute Gasteiger partial charge is 0.320 e. The van der Waals surface area contributed by atoms with E-state index in [-0.39, 0.29) is 18.9 Å². The van der Waals surface area contributed by atoms with E-state index >= 15 is 0 Å². The highest BCUT2D eigenvalue weighted by molar-refractivity contribution is 5.76. The molecule has 0 radical (unpaired) electrons. The second-order valence-corrected chi connectivity index (χ2v) is 6.56. The van der Waals surface area contributed by atoms with Gasteiger partial charge in [-0.3, -0.25) is 9.36 Å². The van der Waals surface area contributed by atoms with Crippen LogP contribution in [0.5, 0.6) is 5.75 Å². The van der Waals surface area contributed by atoms with Crippen molar-refractivity contribution in [2.75, 3.05) is 6.61 Å². The number of alkyl halides is 2. The number of esters is 1. The molecule has 1 atom stereocenters. The summed E-state index contributed by atoms with van der Waals surface area (Å²) in [6.07, 6.45) is -0.901. The summed E-state index contributed by atoms with van der Waals surface area (Å²) >= 11 is 0. The van der Waals surface area contributed by atoms with Crippen LogP contribution in [0.15, 0.2) is 42.5 Å². The zero-order chi connectivity index (χ0) is 20.3. The molecule has 7 heteroatoms. The van der Waals surface area contributed by atoms with Gasteiger partial charge in [0.2, 0.25) is 0 Å². The number of fused-ring (bicyclic) bond motifs is 1. The molecule has 5 nitrogen and oxygen atoms in total. The van der Waals surface area contributed by atoms with Gasteiger partial charge >= 0.3 is 12.5 Å². The minimum absolute atomic E-state index is 0.00697. The van der Waals surface area contributed by atoms with E-state index in [9.17, 15) is 13.6 Å². The minimum atomic E-state index is -2.78. The molecule has 0 amide bonds. The van der Waals surface area contributed by atoms with Crippen LogP contribution < -0.4 is 4.74 Å². The molecular weight excluding hydrogens is 366 g/mol. The highest BCUT2D eigenvalue weighted by Gasteiger charge is 2.24. The Morgan fingerprint density at radius 1 is 1.11 bits per heavy atom. The van der Waals surface area contributed by atoms with Crippen LogP contribution in [0.3, 0.4) is 0 Å². The Morgan fingerprint density at radius 3 is 2.46 bits per heavy atom. The van der Waals surface area contributed by atoms with Gasteiger partial charge in [0.15, 0.2) is 11.9 Å². The maximum Gasteiger partial charge on any atom is 0.320 e. The molecule has 0 aliphatic heterocycles. The van der Waals surface area contributed by atoms with Crippen molar-refractivity contribution in [1.29, 1.82) is 0 Å². The zero-order valence-corrected chi connectivity index (χ0v) is 16.0. The van der Waals surface area contributed by atoms with Crippen molar-refractivity contribution in [1.82, 2.24) is 9.55 Å². The average molecular weight is 388 g/mol. The normalized spacial score (nSPS) is 12.4. The number of rotatable bonds is 7. The van der Waals surface area contributed by atoms with Crippen LogP contribution >= 0.6 is 0 Å². The average Bonchev–Trinajstić information content (AvgIpc) is 3.04. The second-order valence-electron chi connectivity index (χ2n) is 6.56. The molecule has 0 N–H and O–H groups in total. The van der Waals surface area contributed by atoms with E-state index in [1.165, 1.54) is 6.92 Å². The predicted octanol–water partition coefficient (Wildman–Crippen LogP) is 5.12. The highest BCUT2D eigenvalue weighted by atomic mass is 19.3. The Labute approximate surface area is 161 Å². The Bertz CT molecular complexity index is 965. The van der Waals surface area contributed by atoms with Crippen LogP contribution in [0.2, 0.25) is 0 Å². The predicted molar refractivity (Wildman–Crippen MR) is 102 cm³/mol. The molecule has 0 saturated carbocycles. The Morgan fingerprint density at radius 2 is 1.79 bits per heavy atom. The molecule has 28 heavy (non-hydrogen) atoms. The molecule has 1 heterocycles. The summed E-state index contributed by atoms with van der Waals surface area (Å²) in [7, 11) is 0. The quantitative estimate of drug-likeness (QED) is 0.527. The first-order valence-electron chi connectivity index (χ1n) is 9.02. The topological polar surface area (TPSA) is 53.4 Å². The third kappa shape index (κ3) is 4.13. The third-order valence-corrected chi connectivity index (χ3v) is 4.45. The number of carbonyl (C=O) groups is 1. The van der Waals surface area contributed by atoms with Crippen molar-refractivity contribution in [3.8, 4) is 5.75 Å². The van der Waals surface area contributed by atoms with Crippen molar-refractivity contribution in [3.05, 3.63) is 59.4 Å². The van der Waals surface area contributed by atoms with Crippen molar-refractivity contribution in [3.63, 3.8) is 0 Å². The van der Waals surface area contributed by atoms with Gasteiger partial charge in [-0.1, -0.05) is 30.3 Å². The van der Waals surface area contributed by atoms with Gasteiger partial charge in [-0.2, -0.15) is 8.78 Å². The molecule has 3 rings (SSSR count). The lowest BCUT2D eigenvalue weighted by atomic mass is 10.1. The minimum Gasteiger partial charge on any atom is -0.492 e. The number of aryl methyl sites for hydroxylation is 2. The molecular formula is C21H22F2N2O3. The summed E-state index contributed by atoms with van der Waals surface area (Å²) in [5, 5.41) is 0. The number of benzene rings is 2. The summed E-state index contributed by atoms with van der Waals surface area (Å²) in [5.41, 5.74) is 2.69. The lowest BCUT2D eigenvalue weighted by Gasteiger charge is -2.16. The van der Waals surface area contributed by atoms with Crippen molar-refractivity contribution in [2.24, 2.45) is 0 Å². The van der Waals surface area contributed by atoms with E-state index in [1.807, 2.05) is 32.0 Å². The summed E-state index contributed by atoms with van der Waals surface area (Å²) in [4.78, 5) is 16.4. The van der Waals surface area contributed by atoms with Crippen LogP contribution in [0, 0.1) is 13.8 Å². The summed E-state index contributed by atoms with van der Waals surface area (Å²) in [5.74, 6) is 0.217. The SMILES string of the molecule is Cc1cccc(C)c1OCCC(=O)OC(C)c1nc2ccccc2n1C(F)F. The molecule has 0 bridgehead atoms. The molecule has 0 fully saturated rings. The lowest BCUT2D eigenvalue weighted by Crippen LogP contribution is -2.16. The maximum absolute atomic E-state index is 13.5. The summed E-state index contributed by atoms with van der Waals surface area (Å²) in [6.45, 7) is 2.75. The number of carbonyl (C=O) groups excluding carboxylic acids is 1. The first-order valence-corrected chi connectivity index (χ1v) is 9.02. The van der Waals surface area contributed by atoms with Gasteiger partial charge in [-0.05, 0) is 44.0 Å². The van der Waals surface area contributed by atoms with Crippen LogP contribution in [0.1, 0.15) is 42.9 Å². The Kier molecular flexibility index (Phi) is 5.92. The van der Waals surface area contributed by atoms with Gasteiger partial charge < -0.3 is 9.47 Å². The zero-order valence-electron chi connectivity index (χ0n) is 16.0. The van der Waals surface area contributed by atoms with Crippen molar-refractivity contribution < 1.29 is 23.0 Å². The Balaban J connectivity index is 1.65. The molecule has 2 aromatic carbocycles. The van der Waals surface area contributed by atoms with Gasteiger partial charge in [0, 0.05) is 0 Å². The molecule has 0 spiro atoms. The number of aromatic nitrogens is 2. The van der Waals surface area contributed by atoms with Crippen LogP contribution in [-0.4, -0.2) is 22.1 Å². The number of imidazole rings is 1. The largest absolute Gasteiger partial charge is 0.492 e. The Hall–Kier alpha value is -2.96. The van der Waals surface area contributed by atoms with E-state index in [2.05, 4.69) is 4.98 Å². The highest BCUT2D eigenvalue weighted by Crippen LogP contribution is 2.28. The summed E-state index contributed by atoms with van der Waals surface area (Å²) < 4.78 is 38.8. The standard InChI is InChI=1S/C21H22F2N2O3/c1-13-7-6-8-14(2)19(13)27-12-11-18(26)28-15(3)20-24-16-9-4-5-10-17(16)25(20)21(22)23/h4-10,15,21H,11-12H2,1-3H3. The number of para-hydroxylation sites is 3. The van der Waals surface area contributed by atoms with E-state index in [0.29, 0.717) is 11.0 Å². The van der Waals surface area contributed by atoms with Gasteiger partial charge in [0.1, 0.15) is 5.75 Å². The van der Waals surface area contributed by atoms with E-state index in [0.717, 1.165) is 21.4 Å². The van der Waals surface area contributed by atoms with E-state index in [1.54, 1.807) is 24.3 Å². The maximum atomic E-state index is 13.5. The van der Waals surface area contributed by atoms with Gasteiger partial charge in [-0.25, -0.2) is 4.98 Å². The van der Waals surface area contributed by atoms with Crippen LogP contribution in [-0.2, 0) is 9.53 Å². The number of ether oxygens (including phenoxy) is 2. The monoisotopic (exact) mass is 388 g/mol. The van der Waals surface area contributed by atoms with Crippen LogP contribution in [0.4, 0.5) is 8.78 Å². The van der Waals surface area contributed by atoms with Gasteiger partial charge in [0.05, 0.1) is 24.1 Å². The molecule has 148 valence electrons. The molecule has 1 aromatic heterocycles. The fourth-order valence-electron chi connectivity index (χ4n) is 3.13. The second kappa shape index (κ2) is 8.37. The van der Waals surface area contributed by atoms with Crippen LogP contribution in [0.25, 0.3) is 11.0 Å². The molecule has 1 unspecified atom stereocenters. The number of halogens is 2. The molecule has 0 saturated heterocycles. The molecule has 3 aromatic rings. The first kappa shape index (κ1) is 19.8. The fourth-order valence-corrected chi connectivity index (χ4v) is 3.13. The van der Waals surface area contributed by atoms with Crippen molar-refractivity contribution >= 4 is 17.0 Å². The first-order chi connectivity index (χ1) is 13.4. The van der Waals surface area contributed by atoms with E-state index in [4.69, 9.17) is 9.47 Å². The summed E-state index contributed by atoms with van der Waals surface area (Å²) in [6, 6.07) is 12.4.